The van der Waals surface area contributed by atoms with Gasteiger partial charge in [0.25, 0.3) is 0 Å². The predicted octanol–water partition coefficient (Wildman–Crippen LogP) is 6.56. The third-order valence-corrected chi connectivity index (χ3v) is 3.80. The van der Waals surface area contributed by atoms with Gasteiger partial charge in [0.1, 0.15) is 0 Å². The molecule has 110 valence electrons. The fourth-order valence-electron chi connectivity index (χ4n) is 1.82. The average Bonchev–Trinajstić information content (AvgIpc) is 2.36. The van der Waals surface area contributed by atoms with Gasteiger partial charge in [-0.1, -0.05) is 34.8 Å². The van der Waals surface area contributed by atoms with Crippen molar-refractivity contribution >= 4 is 34.8 Å². The Morgan fingerprint density at radius 3 is 1.48 bits per heavy atom. The number of ether oxygens (including phenoxy) is 2. The lowest BCUT2D eigenvalue weighted by molar-refractivity contribution is -0.137. The van der Waals surface area contributed by atoms with Crippen LogP contribution in [0.5, 0.6) is 23.0 Å². The van der Waals surface area contributed by atoms with Crippen molar-refractivity contribution in [2.45, 2.75) is 6.18 Å². The third-order valence-electron chi connectivity index (χ3n) is 2.77. The van der Waals surface area contributed by atoms with Gasteiger partial charge in [0.2, 0.25) is 0 Å². The number of halogens is 6. The highest BCUT2D eigenvalue weighted by Crippen LogP contribution is 2.50. The molecule has 3 rings (SSSR count). The molecule has 1 aliphatic rings. The average molecular weight is 356 g/mol. The fraction of sp³-hybridized carbons (Fsp3) is 0.0769. The molecule has 0 radical (unpaired) electrons. The Kier molecular flexibility index (Phi) is 3.39. The van der Waals surface area contributed by atoms with Crippen molar-refractivity contribution in [1.82, 2.24) is 0 Å². The summed E-state index contributed by atoms with van der Waals surface area (Å²) in [5, 5.41) is -0.0405. The van der Waals surface area contributed by atoms with Crippen LogP contribution < -0.4 is 9.47 Å². The van der Waals surface area contributed by atoms with Crippen LogP contribution in [0.2, 0.25) is 15.1 Å². The topological polar surface area (TPSA) is 18.5 Å². The quantitative estimate of drug-likeness (QED) is 0.454. The zero-order chi connectivity index (χ0) is 15.4. The summed E-state index contributed by atoms with van der Waals surface area (Å²) < 4.78 is 49.3. The van der Waals surface area contributed by atoms with Crippen molar-refractivity contribution in [2.24, 2.45) is 0 Å². The van der Waals surface area contributed by atoms with Crippen LogP contribution in [0.15, 0.2) is 24.3 Å². The molecular formula is C13H4Cl3F3O2. The fourth-order valence-corrected chi connectivity index (χ4v) is 2.39. The molecule has 21 heavy (non-hydrogen) atoms. The molecule has 0 fully saturated rings. The summed E-state index contributed by atoms with van der Waals surface area (Å²) in [7, 11) is 0. The molecule has 0 saturated carbocycles. The van der Waals surface area contributed by atoms with Crippen molar-refractivity contribution < 1.29 is 22.6 Å². The molecule has 0 N–H and O–H groups in total. The van der Waals surface area contributed by atoms with Crippen LogP contribution in [-0.2, 0) is 6.18 Å². The van der Waals surface area contributed by atoms with E-state index in [9.17, 15) is 13.2 Å². The SMILES string of the molecule is FC(F)(F)c1cc2c(cc1Cl)Oc1cc(Cl)c(Cl)cc1O2. The van der Waals surface area contributed by atoms with Gasteiger partial charge in [0, 0.05) is 18.2 Å². The Labute approximate surface area is 131 Å². The van der Waals surface area contributed by atoms with Gasteiger partial charge < -0.3 is 9.47 Å². The Morgan fingerprint density at radius 2 is 1.05 bits per heavy atom. The summed E-state index contributed by atoms with van der Waals surface area (Å²) in [6, 6.07) is 4.60. The van der Waals surface area contributed by atoms with E-state index in [1.807, 2.05) is 0 Å². The van der Waals surface area contributed by atoms with E-state index in [1.54, 1.807) is 0 Å². The Balaban J connectivity index is 2.10. The van der Waals surface area contributed by atoms with E-state index in [4.69, 9.17) is 44.3 Å². The van der Waals surface area contributed by atoms with Gasteiger partial charge >= 0.3 is 6.18 Å². The molecule has 0 saturated heterocycles. The van der Waals surface area contributed by atoms with Crippen LogP contribution in [0.3, 0.4) is 0 Å². The molecule has 1 heterocycles. The second-order valence-corrected chi connectivity index (χ2v) is 5.42. The van der Waals surface area contributed by atoms with E-state index in [0.29, 0.717) is 0 Å². The molecule has 0 amide bonds. The standard InChI is InChI=1S/C13H4Cl3F3O2/c14-6-2-10-9(1-5(6)13(17,18)19)20-11-3-7(15)8(16)4-12(11)21-10/h1-4H. The number of hydrogen-bond acceptors (Lipinski definition) is 2. The van der Waals surface area contributed by atoms with E-state index < -0.39 is 16.8 Å². The molecule has 8 heteroatoms. The molecule has 0 atom stereocenters. The first-order chi connectivity index (χ1) is 9.75. The van der Waals surface area contributed by atoms with Crippen LogP contribution in [0.1, 0.15) is 5.56 Å². The summed E-state index contributed by atoms with van der Waals surface area (Å²) in [6.45, 7) is 0. The minimum absolute atomic E-state index is 0.0684. The maximum absolute atomic E-state index is 12.8. The van der Waals surface area contributed by atoms with Crippen molar-refractivity contribution in [2.75, 3.05) is 0 Å². The maximum atomic E-state index is 12.8. The second-order valence-electron chi connectivity index (χ2n) is 4.19. The normalized spacial score (nSPS) is 13.0. The van der Waals surface area contributed by atoms with E-state index in [0.717, 1.165) is 12.1 Å². The lowest BCUT2D eigenvalue weighted by atomic mass is 10.1. The number of benzene rings is 2. The van der Waals surface area contributed by atoms with E-state index in [1.165, 1.54) is 12.1 Å². The van der Waals surface area contributed by atoms with Crippen LogP contribution in [0.25, 0.3) is 0 Å². The van der Waals surface area contributed by atoms with E-state index in [-0.39, 0.29) is 33.0 Å². The number of fused-ring (bicyclic) bond motifs is 2. The lowest BCUT2D eigenvalue weighted by Crippen LogP contribution is -2.08. The van der Waals surface area contributed by atoms with Crippen LogP contribution in [0, 0.1) is 0 Å². The Hall–Kier alpha value is -1.30. The highest BCUT2D eigenvalue weighted by molar-refractivity contribution is 6.42. The molecule has 0 spiro atoms. The summed E-state index contributed by atoms with van der Waals surface area (Å²) >= 11 is 17.3. The van der Waals surface area contributed by atoms with Gasteiger partial charge in [0.05, 0.1) is 20.6 Å². The van der Waals surface area contributed by atoms with Crippen molar-refractivity contribution in [3.8, 4) is 23.0 Å². The Morgan fingerprint density at radius 1 is 0.667 bits per heavy atom. The zero-order valence-electron chi connectivity index (χ0n) is 9.89. The van der Waals surface area contributed by atoms with Gasteiger partial charge in [-0.3, -0.25) is 0 Å². The van der Waals surface area contributed by atoms with Crippen molar-refractivity contribution in [3.05, 3.63) is 44.9 Å². The third kappa shape index (κ3) is 2.61. The molecule has 1 aliphatic heterocycles. The smallest absolute Gasteiger partial charge is 0.417 e. The molecule has 0 bridgehead atoms. The van der Waals surface area contributed by atoms with Gasteiger partial charge in [-0.15, -0.1) is 0 Å². The molecule has 0 aromatic heterocycles. The van der Waals surface area contributed by atoms with Crippen LogP contribution in [-0.4, -0.2) is 0 Å². The van der Waals surface area contributed by atoms with Crippen LogP contribution in [0.4, 0.5) is 13.2 Å². The van der Waals surface area contributed by atoms with Crippen molar-refractivity contribution in [3.63, 3.8) is 0 Å². The molecular weight excluding hydrogens is 351 g/mol. The van der Waals surface area contributed by atoms with E-state index in [2.05, 4.69) is 0 Å². The minimum atomic E-state index is -4.59. The molecule has 2 nitrogen and oxygen atoms in total. The predicted molar refractivity (Wildman–Crippen MR) is 73.1 cm³/mol. The molecule has 2 aromatic carbocycles. The summed E-state index contributed by atoms with van der Waals surface area (Å²) in [6.07, 6.45) is -4.59. The second kappa shape index (κ2) is 4.87. The highest BCUT2D eigenvalue weighted by Gasteiger charge is 2.35. The van der Waals surface area contributed by atoms with Crippen LogP contribution >= 0.6 is 34.8 Å². The first kappa shape index (κ1) is 14.6. The summed E-state index contributed by atoms with van der Waals surface area (Å²) in [5.41, 5.74) is -1.00. The van der Waals surface area contributed by atoms with Gasteiger partial charge in [-0.2, -0.15) is 13.2 Å². The zero-order valence-corrected chi connectivity index (χ0v) is 12.2. The Bertz CT molecular complexity index is 744. The number of rotatable bonds is 0. The molecule has 0 aliphatic carbocycles. The van der Waals surface area contributed by atoms with Gasteiger partial charge in [-0.05, 0) is 6.07 Å². The summed E-state index contributed by atoms with van der Waals surface area (Å²) in [5.74, 6) is 0.386. The molecule has 2 aromatic rings. The number of alkyl halides is 3. The first-order valence-corrected chi connectivity index (χ1v) is 6.64. The minimum Gasteiger partial charge on any atom is -0.449 e. The summed E-state index contributed by atoms with van der Waals surface area (Å²) in [4.78, 5) is 0. The lowest BCUT2D eigenvalue weighted by Gasteiger charge is -2.22. The van der Waals surface area contributed by atoms with Gasteiger partial charge in [-0.25, -0.2) is 0 Å². The highest BCUT2D eigenvalue weighted by atomic mass is 35.5. The van der Waals surface area contributed by atoms with Crippen molar-refractivity contribution in [1.29, 1.82) is 0 Å². The molecule has 0 unspecified atom stereocenters. The monoisotopic (exact) mass is 354 g/mol. The first-order valence-electron chi connectivity index (χ1n) is 5.51. The number of hydrogen-bond donors (Lipinski definition) is 0. The van der Waals surface area contributed by atoms with Gasteiger partial charge in [0.15, 0.2) is 23.0 Å². The van der Waals surface area contributed by atoms with E-state index >= 15 is 0 Å². The maximum Gasteiger partial charge on any atom is 0.417 e. The largest absolute Gasteiger partial charge is 0.449 e.